The number of hydrogen-bond donors (Lipinski definition) is 1. The van der Waals surface area contributed by atoms with Gasteiger partial charge in [-0.2, -0.15) is 4.98 Å². The maximum Gasteiger partial charge on any atom is 0.313 e. The summed E-state index contributed by atoms with van der Waals surface area (Å²) < 4.78 is 6.75. The van der Waals surface area contributed by atoms with E-state index >= 15 is 0 Å². The van der Waals surface area contributed by atoms with Gasteiger partial charge in [-0.1, -0.05) is 37.7 Å². The number of hydrogen-bond acceptors (Lipinski definition) is 6. The first-order valence-electron chi connectivity index (χ1n) is 6.54. The molecule has 2 aromatic rings. The summed E-state index contributed by atoms with van der Waals surface area (Å²) in [5.74, 6) is -0.245. The summed E-state index contributed by atoms with van der Waals surface area (Å²) >= 11 is 1.22. The van der Waals surface area contributed by atoms with E-state index in [1.54, 1.807) is 6.20 Å². The SMILES string of the molecule is CC(C)(C)c1cnc(SCC(=O)O)n1CCc1ncon1. The minimum Gasteiger partial charge on any atom is -0.481 e. The van der Waals surface area contributed by atoms with Gasteiger partial charge in [0.2, 0.25) is 6.39 Å². The van der Waals surface area contributed by atoms with Crippen LogP contribution in [-0.4, -0.2) is 36.5 Å². The predicted octanol–water partition coefficient (Wildman–Crippen LogP) is 1.98. The molecule has 114 valence electrons. The highest BCUT2D eigenvalue weighted by molar-refractivity contribution is 7.99. The molecule has 2 heterocycles. The van der Waals surface area contributed by atoms with E-state index < -0.39 is 5.97 Å². The van der Waals surface area contributed by atoms with Crippen molar-refractivity contribution < 1.29 is 14.4 Å². The number of carboxylic acids is 1. The third kappa shape index (κ3) is 4.07. The molecule has 2 rings (SSSR count). The maximum absolute atomic E-state index is 10.7. The first-order valence-corrected chi connectivity index (χ1v) is 7.52. The van der Waals surface area contributed by atoms with Gasteiger partial charge in [0, 0.05) is 30.3 Å². The summed E-state index contributed by atoms with van der Waals surface area (Å²) in [4.78, 5) is 19.1. The zero-order chi connectivity index (χ0) is 15.5. The average Bonchev–Trinajstić information content (AvgIpc) is 3.02. The molecule has 0 aromatic carbocycles. The summed E-state index contributed by atoms with van der Waals surface area (Å²) in [7, 11) is 0. The van der Waals surface area contributed by atoms with Crippen molar-refractivity contribution in [1.29, 1.82) is 0 Å². The molecule has 0 unspecified atom stereocenters. The smallest absolute Gasteiger partial charge is 0.313 e. The van der Waals surface area contributed by atoms with Crippen LogP contribution in [0.15, 0.2) is 22.3 Å². The zero-order valence-corrected chi connectivity index (χ0v) is 13.1. The van der Waals surface area contributed by atoms with E-state index in [4.69, 9.17) is 9.63 Å². The second kappa shape index (κ2) is 6.30. The Hall–Kier alpha value is -1.83. The molecular formula is C13H18N4O3S. The Labute approximate surface area is 126 Å². The van der Waals surface area contributed by atoms with E-state index in [0.717, 1.165) is 5.69 Å². The summed E-state index contributed by atoms with van der Waals surface area (Å²) in [5, 5.41) is 13.3. The van der Waals surface area contributed by atoms with Crippen molar-refractivity contribution in [2.75, 3.05) is 5.75 Å². The topological polar surface area (TPSA) is 94.0 Å². The van der Waals surface area contributed by atoms with Crippen LogP contribution in [0, 0.1) is 0 Å². The summed E-state index contributed by atoms with van der Waals surface area (Å²) in [5.41, 5.74) is 0.977. The highest BCUT2D eigenvalue weighted by Gasteiger charge is 2.22. The molecular weight excluding hydrogens is 292 g/mol. The van der Waals surface area contributed by atoms with E-state index in [9.17, 15) is 4.79 Å². The summed E-state index contributed by atoms with van der Waals surface area (Å²) in [6.45, 7) is 6.93. The van der Waals surface area contributed by atoms with Gasteiger partial charge in [0.15, 0.2) is 11.0 Å². The molecule has 0 fully saturated rings. The molecule has 8 heteroatoms. The monoisotopic (exact) mass is 310 g/mol. The Morgan fingerprint density at radius 3 is 2.76 bits per heavy atom. The Kier molecular flexibility index (Phi) is 4.66. The van der Waals surface area contributed by atoms with E-state index in [-0.39, 0.29) is 11.2 Å². The molecule has 0 spiro atoms. The predicted molar refractivity (Wildman–Crippen MR) is 77.3 cm³/mol. The molecule has 0 aliphatic heterocycles. The molecule has 21 heavy (non-hydrogen) atoms. The van der Waals surface area contributed by atoms with Gasteiger partial charge in [-0.05, 0) is 0 Å². The average molecular weight is 310 g/mol. The van der Waals surface area contributed by atoms with Crippen molar-refractivity contribution in [3.8, 4) is 0 Å². The minimum absolute atomic E-state index is 0.0111. The van der Waals surface area contributed by atoms with Crippen molar-refractivity contribution in [1.82, 2.24) is 19.7 Å². The number of aliphatic carboxylic acids is 1. The van der Waals surface area contributed by atoms with Crippen LogP contribution in [-0.2, 0) is 23.2 Å². The van der Waals surface area contributed by atoms with Crippen molar-refractivity contribution >= 4 is 17.7 Å². The van der Waals surface area contributed by atoms with Crippen LogP contribution in [0.4, 0.5) is 0 Å². The third-order valence-electron chi connectivity index (χ3n) is 2.88. The summed E-state index contributed by atoms with van der Waals surface area (Å²) in [6, 6.07) is 0. The van der Waals surface area contributed by atoms with Crippen LogP contribution >= 0.6 is 11.8 Å². The number of carbonyl (C=O) groups is 1. The van der Waals surface area contributed by atoms with Gasteiger partial charge >= 0.3 is 5.97 Å². The van der Waals surface area contributed by atoms with Crippen LogP contribution in [0.3, 0.4) is 0 Å². The van der Waals surface area contributed by atoms with Gasteiger partial charge in [-0.15, -0.1) is 0 Å². The van der Waals surface area contributed by atoms with Crippen LogP contribution in [0.1, 0.15) is 32.3 Å². The lowest BCUT2D eigenvalue weighted by atomic mass is 9.92. The largest absolute Gasteiger partial charge is 0.481 e. The highest BCUT2D eigenvalue weighted by atomic mass is 32.2. The number of imidazole rings is 1. The van der Waals surface area contributed by atoms with Gasteiger partial charge in [0.05, 0.1) is 5.75 Å². The number of thioether (sulfide) groups is 1. The fourth-order valence-corrected chi connectivity index (χ4v) is 2.65. The molecule has 0 saturated carbocycles. The molecule has 1 N–H and O–H groups in total. The molecule has 0 amide bonds. The lowest BCUT2D eigenvalue weighted by molar-refractivity contribution is -0.133. The number of rotatable bonds is 6. The number of nitrogens with zero attached hydrogens (tertiary/aromatic N) is 4. The number of carboxylic acid groups (broad SMARTS) is 1. The van der Waals surface area contributed by atoms with Crippen LogP contribution < -0.4 is 0 Å². The molecule has 2 aromatic heterocycles. The minimum atomic E-state index is -0.856. The van der Waals surface area contributed by atoms with E-state index in [1.807, 2.05) is 4.57 Å². The molecule has 0 atom stereocenters. The van der Waals surface area contributed by atoms with Gasteiger partial charge in [0.25, 0.3) is 0 Å². The van der Waals surface area contributed by atoms with Crippen LogP contribution in [0.25, 0.3) is 0 Å². The van der Waals surface area contributed by atoms with Gasteiger partial charge < -0.3 is 14.2 Å². The Bertz CT molecular complexity index is 601. The number of aryl methyl sites for hydroxylation is 1. The second-order valence-electron chi connectivity index (χ2n) is 5.61. The van der Waals surface area contributed by atoms with Crippen molar-refractivity contribution in [3.63, 3.8) is 0 Å². The van der Waals surface area contributed by atoms with E-state index in [0.29, 0.717) is 23.9 Å². The molecule has 0 aliphatic carbocycles. The van der Waals surface area contributed by atoms with Gasteiger partial charge in [0.1, 0.15) is 0 Å². The summed E-state index contributed by atoms with van der Waals surface area (Å²) in [6.07, 6.45) is 3.71. The second-order valence-corrected chi connectivity index (χ2v) is 6.55. The molecule has 0 saturated heterocycles. The van der Waals surface area contributed by atoms with Crippen molar-refractivity contribution in [3.05, 3.63) is 24.1 Å². The lowest BCUT2D eigenvalue weighted by Gasteiger charge is -2.21. The first kappa shape index (κ1) is 15.6. The highest BCUT2D eigenvalue weighted by Crippen LogP contribution is 2.27. The van der Waals surface area contributed by atoms with Gasteiger partial charge in [-0.3, -0.25) is 4.79 Å². The standard InChI is InChI=1S/C13H18N4O3S/c1-13(2,3)9-6-14-12(21-7-11(18)19)17(9)5-4-10-15-8-20-16-10/h6,8H,4-5,7H2,1-3H3,(H,18,19). The molecule has 0 bridgehead atoms. The normalized spacial score (nSPS) is 11.8. The number of aromatic nitrogens is 4. The Morgan fingerprint density at radius 2 is 2.19 bits per heavy atom. The zero-order valence-electron chi connectivity index (χ0n) is 12.2. The first-order chi connectivity index (χ1) is 9.88. The Morgan fingerprint density at radius 1 is 1.43 bits per heavy atom. The van der Waals surface area contributed by atoms with Crippen LogP contribution in [0.5, 0.6) is 0 Å². The van der Waals surface area contributed by atoms with Gasteiger partial charge in [-0.25, -0.2) is 4.98 Å². The lowest BCUT2D eigenvalue weighted by Crippen LogP contribution is -2.19. The van der Waals surface area contributed by atoms with Crippen LogP contribution in [0.2, 0.25) is 0 Å². The third-order valence-corrected chi connectivity index (χ3v) is 3.85. The molecule has 0 aliphatic rings. The van der Waals surface area contributed by atoms with Crippen molar-refractivity contribution in [2.45, 2.75) is 44.3 Å². The van der Waals surface area contributed by atoms with E-state index in [2.05, 4.69) is 35.9 Å². The fourth-order valence-electron chi connectivity index (χ4n) is 1.93. The molecule has 7 nitrogen and oxygen atoms in total. The fraction of sp³-hybridized carbons (Fsp3) is 0.538. The Balaban J connectivity index is 2.20. The quantitative estimate of drug-likeness (QED) is 0.815. The molecule has 0 radical (unpaired) electrons. The van der Waals surface area contributed by atoms with E-state index in [1.165, 1.54) is 18.2 Å². The maximum atomic E-state index is 10.7. The van der Waals surface area contributed by atoms with Crippen molar-refractivity contribution in [2.24, 2.45) is 0 Å².